The first-order chi connectivity index (χ1) is 10.0. The minimum absolute atomic E-state index is 0.655. The number of methoxy groups -OCH3 is 1. The molecule has 2 aromatic rings. The summed E-state index contributed by atoms with van der Waals surface area (Å²) >= 11 is 0. The third-order valence-corrected chi connectivity index (χ3v) is 4.79. The molecule has 2 heteroatoms. The molecule has 1 aliphatic rings. The molecule has 1 N–H and O–H groups in total. The zero-order chi connectivity index (χ0) is 15.0. The molecule has 2 nitrogen and oxygen atoms in total. The van der Waals surface area contributed by atoms with Gasteiger partial charge in [-0.2, -0.15) is 0 Å². The summed E-state index contributed by atoms with van der Waals surface area (Å²) in [7, 11) is 1.69. The molecule has 1 aliphatic carbocycles. The van der Waals surface area contributed by atoms with Crippen LogP contribution < -0.4 is 4.74 Å². The van der Waals surface area contributed by atoms with Gasteiger partial charge < -0.3 is 9.84 Å². The van der Waals surface area contributed by atoms with Gasteiger partial charge in [0.2, 0.25) is 0 Å². The van der Waals surface area contributed by atoms with Crippen molar-refractivity contribution in [1.29, 1.82) is 0 Å². The molecule has 0 spiro atoms. The van der Waals surface area contributed by atoms with Crippen LogP contribution in [0.2, 0.25) is 0 Å². The van der Waals surface area contributed by atoms with Crippen molar-refractivity contribution in [1.82, 2.24) is 0 Å². The maximum absolute atomic E-state index is 11.2. The lowest BCUT2D eigenvalue weighted by Gasteiger charge is -2.35. The Morgan fingerprint density at radius 3 is 2.48 bits per heavy atom. The van der Waals surface area contributed by atoms with Crippen LogP contribution in [0.15, 0.2) is 36.4 Å². The van der Waals surface area contributed by atoms with E-state index >= 15 is 0 Å². The molecule has 2 aromatic carbocycles. The first kappa shape index (κ1) is 14.2. The van der Waals surface area contributed by atoms with Gasteiger partial charge in [0.1, 0.15) is 5.75 Å². The highest BCUT2D eigenvalue weighted by Gasteiger charge is 2.36. The monoisotopic (exact) mass is 282 g/mol. The van der Waals surface area contributed by atoms with E-state index < -0.39 is 5.60 Å². The minimum Gasteiger partial charge on any atom is -0.496 e. The molecule has 0 aliphatic heterocycles. The van der Waals surface area contributed by atoms with Gasteiger partial charge in [-0.3, -0.25) is 0 Å². The van der Waals surface area contributed by atoms with E-state index in [0.29, 0.717) is 6.42 Å². The second kappa shape index (κ2) is 5.19. The van der Waals surface area contributed by atoms with Crippen molar-refractivity contribution in [2.24, 2.45) is 0 Å². The number of aliphatic hydroxyl groups is 1. The van der Waals surface area contributed by atoms with Crippen molar-refractivity contribution in [2.75, 3.05) is 7.11 Å². The second-order valence-electron chi connectivity index (χ2n) is 6.07. The molecule has 0 amide bonds. The van der Waals surface area contributed by atoms with Crippen LogP contribution in [-0.2, 0) is 18.4 Å². The summed E-state index contributed by atoms with van der Waals surface area (Å²) in [5.41, 5.74) is 4.98. The Bertz CT molecular complexity index is 675. The molecule has 1 atom stereocenters. The second-order valence-corrected chi connectivity index (χ2v) is 6.07. The van der Waals surface area contributed by atoms with Crippen molar-refractivity contribution in [3.8, 4) is 5.75 Å². The van der Waals surface area contributed by atoms with Crippen LogP contribution in [0.5, 0.6) is 5.75 Å². The molecule has 0 saturated heterocycles. The van der Waals surface area contributed by atoms with E-state index in [0.717, 1.165) is 29.7 Å². The summed E-state index contributed by atoms with van der Waals surface area (Å²) < 4.78 is 5.60. The van der Waals surface area contributed by atoms with Crippen LogP contribution in [0.3, 0.4) is 0 Å². The number of fused-ring (bicyclic) bond motifs is 1. The van der Waals surface area contributed by atoms with Gasteiger partial charge in [0.25, 0.3) is 0 Å². The van der Waals surface area contributed by atoms with E-state index in [1.54, 1.807) is 7.11 Å². The van der Waals surface area contributed by atoms with Crippen LogP contribution >= 0.6 is 0 Å². The lowest BCUT2D eigenvalue weighted by atomic mass is 9.75. The van der Waals surface area contributed by atoms with Crippen LogP contribution in [0.4, 0.5) is 0 Å². The quantitative estimate of drug-likeness (QED) is 0.910. The van der Waals surface area contributed by atoms with Crippen LogP contribution in [0.1, 0.15) is 34.2 Å². The average Bonchev–Trinajstić information content (AvgIpc) is 2.49. The number of aryl methyl sites for hydroxylation is 2. The maximum atomic E-state index is 11.2. The molecule has 21 heavy (non-hydrogen) atoms. The Balaban J connectivity index is 2.07. The predicted molar refractivity (Wildman–Crippen MR) is 84.8 cm³/mol. The summed E-state index contributed by atoms with van der Waals surface area (Å²) in [6.07, 6.45) is 2.30. The number of benzene rings is 2. The largest absolute Gasteiger partial charge is 0.496 e. The Morgan fingerprint density at radius 2 is 1.76 bits per heavy atom. The van der Waals surface area contributed by atoms with Gasteiger partial charge in [0.05, 0.1) is 12.7 Å². The Morgan fingerprint density at radius 1 is 1.05 bits per heavy atom. The number of ether oxygens (including phenoxy) is 1. The van der Waals surface area contributed by atoms with Crippen molar-refractivity contribution in [3.63, 3.8) is 0 Å². The molecule has 0 saturated carbocycles. The molecule has 3 rings (SSSR count). The van der Waals surface area contributed by atoms with Crippen molar-refractivity contribution < 1.29 is 9.84 Å². The van der Waals surface area contributed by atoms with Crippen LogP contribution in [-0.4, -0.2) is 12.2 Å². The maximum Gasteiger partial charge on any atom is 0.128 e. The van der Waals surface area contributed by atoms with Gasteiger partial charge >= 0.3 is 0 Å². The Kier molecular flexibility index (Phi) is 3.50. The molecule has 0 heterocycles. The highest BCUT2D eigenvalue weighted by molar-refractivity contribution is 5.49. The van der Waals surface area contributed by atoms with Gasteiger partial charge in [-0.1, -0.05) is 36.4 Å². The van der Waals surface area contributed by atoms with E-state index in [2.05, 4.69) is 38.1 Å². The molecular weight excluding hydrogens is 260 g/mol. The highest BCUT2D eigenvalue weighted by Crippen LogP contribution is 2.42. The van der Waals surface area contributed by atoms with Crippen molar-refractivity contribution in [2.45, 2.75) is 38.7 Å². The molecule has 0 radical (unpaired) electrons. The molecule has 110 valence electrons. The smallest absolute Gasteiger partial charge is 0.128 e. The third kappa shape index (κ3) is 2.34. The van der Waals surface area contributed by atoms with Gasteiger partial charge in [-0.15, -0.1) is 0 Å². The van der Waals surface area contributed by atoms with Crippen LogP contribution in [0.25, 0.3) is 0 Å². The first-order valence-corrected chi connectivity index (χ1v) is 7.49. The Labute approximate surface area is 126 Å². The van der Waals surface area contributed by atoms with Gasteiger partial charge in [-0.25, -0.2) is 0 Å². The summed E-state index contributed by atoms with van der Waals surface area (Å²) in [5, 5.41) is 11.2. The standard InChI is InChI=1S/C19H22O2/c1-13-8-9-17(18(21-3)14(13)2)19(20)11-10-15-6-4-5-7-16(15)12-19/h4-9,20H,10-12H2,1-3H3. The summed E-state index contributed by atoms with van der Waals surface area (Å²) in [5.74, 6) is 0.830. The van der Waals surface area contributed by atoms with E-state index in [9.17, 15) is 5.11 Å². The minimum atomic E-state index is -0.835. The average molecular weight is 282 g/mol. The summed E-state index contributed by atoms with van der Waals surface area (Å²) in [6, 6.07) is 12.5. The molecule has 0 bridgehead atoms. The predicted octanol–water partition coefficient (Wildman–Crippen LogP) is 3.69. The fraction of sp³-hybridized carbons (Fsp3) is 0.368. The summed E-state index contributed by atoms with van der Waals surface area (Å²) in [6.45, 7) is 4.12. The third-order valence-electron chi connectivity index (χ3n) is 4.79. The van der Waals surface area contributed by atoms with E-state index in [1.165, 1.54) is 16.7 Å². The fourth-order valence-corrected chi connectivity index (χ4v) is 3.37. The number of hydrogen-bond acceptors (Lipinski definition) is 2. The summed E-state index contributed by atoms with van der Waals surface area (Å²) in [4.78, 5) is 0. The number of hydrogen-bond donors (Lipinski definition) is 1. The SMILES string of the molecule is COc1c(C2(O)CCc3ccccc3C2)ccc(C)c1C. The van der Waals surface area contributed by atoms with Crippen molar-refractivity contribution in [3.05, 3.63) is 64.2 Å². The Hall–Kier alpha value is -1.80. The fourth-order valence-electron chi connectivity index (χ4n) is 3.37. The highest BCUT2D eigenvalue weighted by atomic mass is 16.5. The molecule has 1 unspecified atom stereocenters. The van der Waals surface area contributed by atoms with E-state index in [1.807, 2.05) is 12.1 Å². The lowest BCUT2D eigenvalue weighted by molar-refractivity contribution is 0.0199. The normalized spacial score (nSPS) is 21.0. The first-order valence-electron chi connectivity index (χ1n) is 7.49. The zero-order valence-electron chi connectivity index (χ0n) is 12.9. The molecule has 0 fully saturated rings. The van der Waals surface area contributed by atoms with E-state index in [-0.39, 0.29) is 0 Å². The van der Waals surface area contributed by atoms with Gasteiger partial charge in [-0.05, 0) is 48.9 Å². The number of rotatable bonds is 2. The zero-order valence-corrected chi connectivity index (χ0v) is 12.9. The topological polar surface area (TPSA) is 29.5 Å². The van der Waals surface area contributed by atoms with Crippen molar-refractivity contribution >= 4 is 0 Å². The molecular formula is C19H22O2. The van der Waals surface area contributed by atoms with E-state index in [4.69, 9.17) is 4.74 Å². The van der Waals surface area contributed by atoms with Gasteiger partial charge in [0, 0.05) is 12.0 Å². The lowest BCUT2D eigenvalue weighted by Crippen LogP contribution is -2.33. The molecule has 0 aromatic heterocycles. The van der Waals surface area contributed by atoms with Crippen LogP contribution in [0, 0.1) is 13.8 Å². The van der Waals surface area contributed by atoms with Gasteiger partial charge in [0.15, 0.2) is 0 Å².